The van der Waals surface area contributed by atoms with E-state index < -0.39 is 0 Å². The number of piperazine rings is 1. The van der Waals surface area contributed by atoms with E-state index in [0.29, 0.717) is 50.1 Å². The predicted molar refractivity (Wildman–Crippen MR) is 102 cm³/mol. The average Bonchev–Trinajstić information content (AvgIpc) is 2.73. The van der Waals surface area contributed by atoms with Gasteiger partial charge in [-0.25, -0.2) is 0 Å². The Kier molecular flexibility index (Phi) is 4.62. The molecule has 138 valence electrons. The Morgan fingerprint density at radius 3 is 2.07 bits per heavy atom. The lowest BCUT2D eigenvalue weighted by atomic mass is 10.00. The molecule has 27 heavy (non-hydrogen) atoms. The normalized spacial score (nSPS) is 16.5. The SMILES string of the molecule is O=C1CCc2cc(C(=O)N3CCN(C(=O)c4ccccc4)CC3)ccc2N1. The zero-order valence-electron chi connectivity index (χ0n) is 15.0. The number of aryl methyl sites for hydroxylation is 1. The lowest BCUT2D eigenvalue weighted by Gasteiger charge is -2.35. The highest BCUT2D eigenvalue weighted by Crippen LogP contribution is 2.24. The Balaban J connectivity index is 1.40. The van der Waals surface area contributed by atoms with Crippen LogP contribution in [0.1, 0.15) is 32.7 Å². The summed E-state index contributed by atoms with van der Waals surface area (Å²) in [6, 6.07) is 14.6. The molecule has 0 radical (unpaired) electrons. The van der Waals surface area contributed by atoms with Crippen molar-refractivity contribution in [3.8, 4) is 0 Å². The van der Waals surface area contributed by atoms with E-state index in [0.717, 1.165) is 11.3 Å². The highest BCUT2D eigenvalue weighted by molar-refractivity contribution is 5.98. The molecule has 2 aromatic rings. The van der Waals surface area contributed by atoms with E-state index in [1.54, 1.807) is 21.9 Å². The first-order chi connectivity index (χ1) is 13.1. The minimum atomic E-state index is -0.0264. The molecule has 1 fully saturated rings. The molecule has 0 unspecified atom stereocenters. The van der Waals surface area contributed by atoms with E-state index in [9.17, 15) is 14.4 Å². The number of benzene rings is 2. The highest BCUT2D eigenvalue weighted by atomic mass is 16.2. The molecule has 0 aliphatic carbocycles. The van der Waals surface area contributed by atoms with Crippen LogP contribution in [0.25, 0.3) is 0 Å². The summed E-state index contributed by atoms with van der Waals surface area (Å²) in [5.41, 5.74) is 3.10. The van der Waals surface area contributed by atoms with Crippen LogP contribution in [0.15, 0.2) is 48.5 Å². The first-order valence-electron chi connectivity index (χ1n) is 9.18. The topological polar surface area (TPSA) is 69.7 Å². The van der Waals surface area contributed by atoms with Gasteiger partial charge in [0, 0.05) is 49.4 Å². The Bertz CT molecular complexity index is 887. The van der Waals surface area contributed by atoms with E-state index >= 15 is 0 Å². The molecule has 0 atom stereocenters. The lowest BCUT2D eigenvalue weighted by Crippen LogP contribution is -2.50. The van der Waals surface area contributed by atoms with Crippen LogP contribution in [0.5, 0.6) is 0 Å². The van der Waals surface area contributed by atoms with E-state index in [2.05, 4.69) is 5.32 Å². The van der Waals surface area contributed by atoms with Gasteiger partial charge in [-0.15, -0.1) is 0 Å². The number of rotatable bonds is 2. The van der Waals surface area contributed by atoms with Crippen molar-refractivity contribution in [2.45, 2.75) is 12.8 Å². The van der Waals surface area contributed by atoms with Crippen LogP contribution in [0, 0.1) is 0 Å². The molecular weight excluding hydrogens is 342 g/mol. The van der Waals surface area contributed by atoms with Crippen LogP contribution in [0.2, 0.25) is 0 Å². The summed E-state index contributed by atoms with van der Waals surface area (Å²) in [6.45, 7) is 2.09. The second-order valence-corrected chi connectivity index (χ2v) is 6.87. The molecule has 0 saturated carbocycles. The van der Waals surface area contributed by atoms with Gasteiger partial charge in [0.1, 0.15) is 0 Å². The molecule has 0 aromatic heterocycles. The minimum absolute atomic E-state index is 0.00669. The van der Waals surface area contributed by atoms with E-state index in [1.807, 2.05) is 36.4 Å². The third-order valence-corrected chi connectivity index (χ3v) is 5.12. The summed E-state index contributed by atoms with van der Waals surface area (Å²) < 4.78 is 0. The molecule has 3 amide bonds. The number of carbonyl (C=O) groups excluding carboxylic acids is 3. The molecule has 2 aliphatic heterocycles. The van der Waals surface area contributed by atoms with Crippen molar-refractivity contribution in [2.75, 3.05) is 31.5 Å². The Hall–Kier alpha value is -3.15. The molecule has 2 heterocycles. The van der Waals surface area contributed by atoms with Gasteiger partial charge in [0.15, 0.2) is 0 Å². The van der Waals surface area contributed by atoms with E-state index in [1.165, 1.54) is 0 Å². The molecule has 1 N–H and O–H groups in total. The van der Waals surface area contributed by atoms with E-state index in [-0.39, 0.29) is 17.7 Å². The van der Waals surface area contributed by atoms with Crippen LogP contribution in [-0.4, -0.2) is 53.7 Å². The number of amides is 3. The zero-order valence-corrected chi connectivity index (χ0v) is 15.0. The van der Waals surface area contributed by atoms with Gasteiger partial charge in [-0.1, -0.05) is 18.2 Å². The summed E-state index contributed by atoms with van der Waals surface area (Å²) in [5.74, 6) is -0.00508. The lowest BCUT2D eigenvalue weighted by molar-refractivity contribution is -0.116. The Morgan fingerprint density at radius 2 is 1.41 bits per heavy atom. The van der Waals surface area contributed by atoms with Crippen molar-refractivity contribution >= 4 is 23.4 Å². The molecule has 6 heteroatoms. The summed E-state index contributed by atoms with van der Waals surface area (Å²) in [5, 5.41) is 2.83. The Labute approximate surface area is 157 Å². The molecule has 2 aromatic carbocycles. The summed E-state index contributed by atoms with van der Waals surface area (Å²) in [7, 11) is 0. The summed E-state index contributed by atoms with van der Waals surface area (Å²) >= 11 is 0. The maximum absolute atomic E-state index is 12.8. The molecular formula is C21H21N3O3. The molecule has 0 bridgehead atoms. The van der Waals surface area contributed by atoms with Crippen molar-refractivity contribution in [1.82, 2.24) is 9.80 Å². The van der Waals surface area contributed by atoms with Crippen molar-refractivity contribution in [3.05, 3.63) is 65.2 Å². The first-order valence-corrected chi connectivity index (χ1v) is 9.18. The maximum atomic E-state index is 12.8. The van der Waals surface area contributed by atoms with Gasteiger partial charge in [-0.05, 0) is 42.3 Å². The van der Waals surface area contributed by atoms with Gasteiger partial charge < -0.3 is 15.1 Å². The zero-order chi connectivity index (χ0) is 18.8. The highest BCUT2D eigenvalue weighted by Gasteiger charge is 2.26. The third-order valence-electron chi connectivity index (χ3n) is 5.12. The molecule has 4 rings (SSSR count). The second-order valence-electron chi connectivity index (χ2n) is 6.87. The van der Waals surface area contributed by atoms with Crippen LogP contribution in [0.3, 0.4) is 0 Å². The van der Waals surface area contributed by atoms with Gasteiger partial charge in [0.25, 0.3) is 11.8 Å². The van der Waals surface area contributed by atoms with Crippen LogP contribution in [-0.2, 0) is 11.2 Å². The van der Waals surface area contributed by atoms with Crippen molar-refractivity contribution in [3.63, 3.8) is 0 Å². The maximum Gasteiger partial charge on any atom is 0.253 e. The number of fused-ring (bicyclic) bond motifs is 1. The largest absolute Gasteiger partial charge is 0.335 e. The smallest absolute Gasteiger partial charge is 0.253 e. The fourth-order valence-corrected chi connectivity index (χ4v) is 3.57. The van der Waals surface area contributed by atoms with Crippen LogP contribution in [0.4, 0.5) is 5.69 Å². The number of carbonyl (C=O) groups is 3. The molecule has 1 saturated heterocycles. The fraction of sp³-hybridized carbons (Fsp3) is 0.286. The number of hydrogen-bond donors (Lipinski definition) is 1. The average molecular weight is 363 g/mol. The standard InChI is InChI=1S/C21H21N3O3/c25-19-9-7-16-14-17(6-8-18(16)22-19)21(27)24-12-10-23(11-13-24)20(26)15-4-2-1-3-5-15/h1-6,8,14H,7,9-13H2,(H,22,25). The van der Waals surface area contributed by atoms with Gasteiger partial charge in [0.05, 0.1) is 0 Å². The van der Waals surface area contributed by atoms with Gasteiger partial charge in [-0.3, -0.25) is 14.4 Å². The quantitative estimate of drug-likeness (QED) is 0.889. The summed E-state index contributed by atoms with van der Waals surface area (Å²) in [4.78, 5) is 40.4. The summed E-state index contributed by atoms with van der Waals surface area (Å²) in [6.07, 6.45) is 1.10. The van der Waals surface area contributed by atoms with Crippen molar-refractivity contribution in [2.24, 2.45) is 0 Å². The Morgan fingerprint density at radius 1 is 0.778 bits per heavy atom. The van der Waals surface area contributed by atoms with Crippen LogP contribution >= 0.6 is 0 Å². The van der Waals surface area contributed by atoms with E-state index in [4.69, 9.17) is 0 Å². The number of nitrogens with zero attached hydrogens (tertiary/aromatic N) is 2. The molecule has 2 aliphatic rings. The fourth-order valence-electron chi connectivity index (χ4n) is 3.57. The number of nitrogens with one attached hydrogen (secondary N) is 1. The molecule has 0 spiro atoms. The van der Waals surface area contributed by atoms with Gasteiger partial charge in [0.2, 0.25) is 5.91 Å². The number of anilines is 1. The van der Waals surface area contributed by atoms with Crippen molar-refractivity contribution < 1.29 is 14.4 Å². The number of hydrogen-bond acceptors (Lipinski definition) is 3. The molecule has 6 nitrogen and oxygen atoms in total. The van der Waals surface area contributed by atoms with Crippen LogP contribution < -0.4 is 5.32 Å². The van der Waals surface area contributed by atoms with Gasteiger partial charge in [-0.2, -0.15) is 0 Å². The predicted octanol–water partition coefficient (Wildman–Crippen LogP) is 2.17. The minimum Gasteiger partial charge on any atom is -0.335 e. The second kappa shape index (κ2) is 7.23. The first kappa shape index (κ1) is 17.3. The van der Waals surface area contributed by atoms with Crippen molar-refractivity contribution in [1.29, 1.82) is 0 Å². The van der Waals surface area contributed by atoms with Gasteiger partial charge >= 0.3 is 0 Å². The third kappa shape index (κ3) is 3.56. The monoisotopic (exact) mass is 363 g/mol.